The van der Waals surface area contributed by atoms with Crippen molar-refractivity contribution in [1.29, 1.82) is 0 Å². The van der Waals surface area contributed by atoms with Crippen LogP contribution in [0.25, 0.3) is 5.57 Å². The summed E-state index contributed by atoms with van der Waals surface area (Å²) in [4.78, 5) is 26.9. The number of hydrogen-bond acceptors (Lipinski definition) is 4. The Kier molecular flexibility index (Phi) is 6.28. The number of ether oxygens (including phenoxy) is 2. The van der Waals surface area contributed by atoms with Crippen LogP contribution in [0.5, 0.6) is 11.5 Å². The first-order chi connectivity index (χ1) is 15.4. The molecule has 1 heterocycles. The molecule has 0 radical (unpaired) electrons. The smallest absolute Gasteiger partial charge is 0.277 e. The van der Waals surface area contributed by atoms with E-state index in [2.05, 4.69) is 0 Å². The Labute approximate surface area is 191 Å². The Balaban J connectivity index is 1.49. The molecule has 1 aliphatic heterocycles. The second kappa shape index (κ2) is 9.28. The standard InChI is InChI=1S/C26H22ClNO4/c1-17(2)32-22-12-8-19(9-13-22)23-24(27)26(30)28(25(23)29)20-10-14-21(15-11-20)31-16-18-6-4-3-5-7-18/h3-15,17H,16H2,1-2H3. The molecule has 32 heavy (non-hydrogen) atoms. The molecule has 6 heteroatoms. The van der Waals surface area contributed by atoms with Crippen LogP contribution in [0.3, 0.4) is 0 Å². The molecule has 0 fully saturated rings. The SMILES string of the molecule is CC(C)Oc1ccc(C2=C(Cl)C(=O)N(c3ccc(OCc4ccccc4)cc3)C2=O)cc1. The molecule has 5 nitrogen and oxygen atoms in total. The van der Waals surface area contributed by atoms with Gasteiger partial charge in [-0.15, -0.1) is 0 Å². The number of rotatable bonds is 7. The highest BCUT2D eigenvalue weighted by Crippen LogP contribution is 2.36. The number of carbonyl (C=O) groups excluding carboxylic acids is 2. The van der Waals surface area contributed by atoms with Crippen LogP contribution in [0.15, 0.2) is 83.9 Å². The Morgan fingerprint density at radius 2 is 1.44 bits per heavy atom. The molecule has 0 N–H and O–H groups in total. The number of carbonyl (C=O) groups is 2. The molecule has 0 bridgehead atoms. The van der Waals surface area contributed by atoms with E-state index in [9.17, 15) is 9.59 Å². The van der Waals surface area contributed by atoms with Gasteiger partial charge in [0.15, 0.2) is 0 Å². The topological polar surface area (TPSA) is 55.8 Å². The number of hydrogen-bond donors (Lipinski definition) is 0. The Hall–Kier alpha value is -3.57. The van der Waals surface area contributed by atoms with E-state index >= 15 is 0 Å². The van der Waals surface area contributed by atoms with Gasteiger partial charge in [-0.2, -0.15) is 0 Å². The minimum absolute atomic E-state index is 0.0356. The molecule has 2 amide bonds. The first kappa shape index (κ1) is 21.7. The third-order valence-corrected chi connectivity index (χ3v) is 5.24. The van der Waals surface area contributed by atoms with Gasteiger partial charge in [0.25, 0.3) is 11.8 Å². The number of imide groups is 1. The van der Waals surface area contributed by atoms with E-state index in [1.807, 2.05) is 44.2 Å². The number of nitrogens with zero attached hydrogens (tertiary/aromatic N) is 1. The fourth-order valence-electron chi connectivity index (χ4n) is 3.39. The molecule has 162 valence electrons. The molecule has 0 aromatic heterocycles. The number of amides is 2. The molecule has 1 aliphatic rings. The van der Waals surface area contributed by atoms with E-state index in [0.717, 1.165) is 10.5 Å². The van der Waals surface area contributed by atoms with E-state index in [0.29, 0.717) is 29.4 Å². The molecule has 3 aromatic carbocycles. The van der Waals surface area contributed by atoms with Crippen LogP contribution in [-0.4, -0.2) is 17.9 Å². The first-order valence-electron chi connectivity index (χ1n) is 10.3. The zero-order chi connectivity index (χ0) is 22.7. The van der Waals surface area contributed by atoms with E-state index in [4.69, 9.17) is 21.1 Å². The van der Waals surface area contributed by atoms with E-state index < -0.39 is 11.8 Å². The van der Waals surface area contributed by atoms with Crippen LogP contribution in [0.1, 0.15) is 25.0 Å². The third kappa shape index (κ3) is 4.53. The lowest BCUT2D eigenvalue weighted by Crippen LogP contribution is -2.31. The second-order valence-electron chi connectivity index (χ2n) is 7.59. The van der Waals surface area contributed by atoms with Crippen LogP contribution in [0.2, 0.25) is 0 Å². The summed E-state index contributed by atoms with van der Waals surface area (Å²) < 4.78 is 11.4. The monoisotopic (exact) mass is 447 g/mol. The number of benzene rings is 3. The van der Waals surface area contributed by atoms with Gasteiger partial charge >= 0.3 is 0 Å². The highest BCUT2D eigenvalue weighted by Gasteiger charge is 2.39. The van der Waals surface area contributed by atoms with Crippen LogP contribution in [0.4, 0.5) is 5.69 Å². The van der Waals surface area contributed by atoms with Crippen LogP contribution >= 0.6 is 11.6 Å². The highest BCUT2D eigenvalue weighted by molar-refractivity contribution is 6.60. The quantitative estimate of drug-likeness (QED) is 0.444. The fourth-order valence-corrected chi connectivity index (χ4v) is 3.67. The van der Waals surface area contributed by atoms with Crippen molar-refractivity contribution >= 4 is 34.7 Å². The van der Waals surface area contributed by atoms with Gasteiger partial charge in [0.2, 0.25) is 0 Å². The lowest BCUT2D eigenvalue weighted by Gasteiger charge is -2.16. The zero-order valence-electron chi connectivity index (χ0n) is 17.7. The van der Waals surface area contributed by atoms with Crippen molar-refractivity contribution in [3.8, 4) is 11.5 Å². The number of anilines is 1. The fraction of sp³-hybridized carbons (Fsp3) is 0.154. The van der Waals surface area contributed by atoms with Crippen molar-refractivity contribution in [3.63, 3.8) is 0 Å². The molecule has 0 saturated carbocycles. The summed E-state index contributed by atoms with van der Waals surface area (Å²) in [6.07, 6.45) is 0.0356. The van der Waals surface area contributed by atoms with Crippen molar-refractivity contribution in [2.45, 2.75) is 26.6 Å². The molecule has 0 unspecified atom stereocenters. The lowest BCUT2D eigenvalue weighted by atomic mass is 10.1. The minimum Gasteiger partial charge on any atom is -0.491 e. The maximum Gasteiger partial charge on any atom is 0.277 e. The number of halogens is 1. The van der Waals surface area contributed by atoms with Crippen molar-refractivity contribution < 1.29 is 19.1 Å². The van der Waals surface area contributed by atoms with Gasteiger partial charge in [-0.1, -0.05) is 54.1 Å². The lowest BCUT2D eigenvalue weighted by molar-refractivity contribution is -0.119. The van der Waals surface area contributed by atoms with Gasteiger partial charge in [-0.3, -0.25) is 9.59 Å². The second-order valence-corrected chi connectivity index (χ2v) is 7.97. The summed E-state index contributed by atoms with van der Waals surface area (Å²) in [6, 6.07) is 23.6. The Bertz CT molecular complexity index is 1150. The molecule has 0 spiro atoms. The summed E-state index contributed by atoms with van der Waals surface area (Å²) in [5.41, 5.74) is 2.22. The highest BCUT2D eigenvalue weighted by atomic mass is 35.5. The van der Waals surface area contributed by atoms with E-state index in [1.54, 1.807) is 48.5 Å². The van der Waals surface area contributed by atoms with Crippen molar-refractivity contribution in [2.75, 3.05) is 4.90 Å². The summed E-state index contributed by atoms with van der Waals surface area (Å²) in [5.74, 6) is 0.305. The largest absolute Gasteiger partial charge is 0.491 e. The predicted octanol–water partition coefficient (Wildman–Crippen LogP) is 5.58. The molecule has 0 saturated heterocycles. The van der Waals surface area contributed by atoms with Gasteiger partial charge in [-0.05, 0) is 61.4 Å². The van der Waals surface area contributed by atoms with Gasteiger partial charge < -0.3 is 9.47 Å². The van der Waals surface area contributed by atoms with Crippen LogP contribution < -0.4 is 14.4 Å². The van der Waals surface area contributed by atoms with Crippen LogP contribution in [0, 0.1) is 0 Å². The van der Waals surface area contributed by atoms with Gasteiger partial charge in [0, 0.05) is 0 Å². The maximum atomic E-state index is 13.1. The summed E-state index contributed by atoms with van der Waals surface area (Å²) >= 11 is 6.29. The Morgan fingerprint density at radius 1 is 0.812 bits per heavy atom. The normalized spacial score (nSPS) is 13.8. The van der Waals surface area contributed by atoms with Crippen molar-refractivity contribution in [3.05, 3.63) is 95.0 Å². The molecule has 4 rings (SSSR count). The molecular weight excluding hydrogens is 426 g/mol. The van der Waals surface area contributed by atoms with Crippen molar-refractivity contribution in [2.24, 2.45) is 0 Å². The molecular formula is C26H22ClNO4. The molecule has 0 atom stereocenters. The van der Waals surface area contributed by atoms with Crippen LogP contribution in [-0.2, 0) is 16.2 Å². The molecule has 0 aliphatic carbocycles. The van der Waals surface area contributed by atoms with Crippen molar-refractivity contribution in [1.82, 2.24) is 0 Å². The minimum atomic E-state index is -0.549. The predicted molar refractivity (Wildman–Crippen MR) is 125 cm³/mol. The average Bonchev–Trinajstić information content (AvgIpc) is 3.02. The van der Waals surface area contributed by atoms with E-state index in [-0.39, 0.29) is 16.7 Å². The molecule has 3 aromatic rings. The summed E-state index contributed by atoms with van der Waals surface area (Å²) in [5, 5.41) is -0.100. The summed E-state index contributed by atoms with van der Waals surface area (Å²) in [6.45, 7) is 4.29. The van der Waals surface area contributed by atoms with E-state index in [1.165, 1.54) is 0 Å². The average molecular weight is 448 g/mol. The van der Waals surface area contributed by atoms with Gasteiger partial charge in [0.05, 0.1) is 17.4 Å². The summed E-state index contributed by atoms with van der Waals surface area (Å²) in [7, 11) is 0. The third-order valence-electron chi connectivity index (χ3n) is 4.89. The van der Waals surface area contributed by atoms with Gasteiger partial charge in [-0.25, -0.2) is 4.90 Å². The zero-order valence-corrected chi connectivity index (χ0v) is 18.5. The Morgan fingerprint density at radius 3 is 2.06 bits per heavy atom. The maximum absolute atomic E-state index is 13.1. The van der Waals surface area contributed by atoms with Gasteiger partial charge in [0.1, 0.15) is 23.1 Å². The first-order valence-corrected chi connectivity index (χ1v) is 10.6.